The number of benzene rings is 2. The molecule has 3 heterocycles. The molecule has 1 aliphatic heterocycles. The zero-order chi connectivity index (χ0) is 26.8. The number of β-amino-alcohol motifs (C(OH)–C–C–N with tert-alkyl or cyclic N) is 1. The van der Waals surface area contributed by atoms with E-state index in [0.717, 1.165) is 17.8 Å². The Kier molecular flexibility index (Phi) is 7.57. The number of amides is 1. The summed E-state index contributed by atoms with van der Waals surface area (Å²) < 4.78 is 1.16. The highest BCUT2D eigenvalue weighted by Gasteiger charge is 2.22. The zero-order valence-corrected chi connectivity index (χ0v) is 22.1. The first-order valence-corrected chi connectivity index (χ1v) is 12.8. The van der Waals surface area contributed by atoms with Crippen LogP contribution in [0.25, 0.3) is 16.6 Å². The molecule has 1 fully saturated rings. The van der Waals surface area contributed by atoms with Crippen LogP contribution >= 0.6 is 23.2 Å². The zero-order valence-electron chi connectivity index (χ0n) is 20.6. The van der Waals surface area contributed by atoms with Crippen LogP contribution in [0.4, 0.5) is 11.6 Å². The summed E-state index contributed by atoms with van der Waals surface area (Å²) in [5, 5.41) is 17.5. The Labute approximate surface area is 228 Å². The molecule has 5 rings (SSSR count). The van der Waals surface area contributed by atoms with Crippen LogP contribution in [-0.4, -0.2) is 79.9 Å². The lowest BCUT2D eigenvalue weighted by molar-refractivity contribution is 0.0615. The first-order valence-electron chi connectivity index (χ1n) is 12.1. The average molecular weight is 554 g/mol. The number of piperazine rings is 1. The van der Waals surface area contributed by atoms with E-state index < -0.39 is 5.56 Å². The molecule has 10 nitrogen and oxygen atoms in total. The first-order chi connectivity index (χ1) is 18.4. The second-order valence-corrected chi connectivity index (χ2v) is 9.71. The molecule has 12 heteroatoms. The minimum Gasteiger partial charge on any atom is -0.395 e. The number of anilines is 2. The van der Waals surface area contributed by atoms with Gasteiger partial charge in [-0.15, -0.1) is 0 Å². The smallest absolute Gasteiger partial charge is 0.282 e. The summed E-state index contributed by atoms with van der Waals surface area (Å²) in [4.78, 5) is 39.0. The fourth-order valence-electron chi connectivity index (χ4n) is 4.43. The number of nitrogens with zero attached hydrogens (tertiary/aromatic N) is 6. The van der Waals surface area contributed by atoms with Gasteiger partial charge in [-0.2, -0.15) is 9.78 Å². The molecular formula is C26H25Cl2N7O3. The lowest BCUT2D eigenvalue weighted by Gasteiger charge is -2.34. The SMILES string of the molecule is Cc1nn(-c2c(Cl)cccc2Cl)c(=O)c2cnc(Nc3cccc(C(=O)N4CCN(CCO)CC4)c3)nc12. The van der Waals surface area contributed by atoms with Gasteiger partial charge in [-0.25, -0.2) is 9.97 Å². The number of carbonyl (C=O) groups excluding carboxylic acids is 1. The number of aliphatic hydroxyl groups excluding tert-OH is 1. The van der Waals surface area contributed by atoms with Gasteiger partial charge in [0.1, 0.15) is 11.2 Å². The Morgan fingerprint density at radius 1 is 1.08 bits per heavy atom. The van der Waals surface area contributed by atoms with Crippen molar-refractivity contribution in [2.24, 2.45) is 0 Å². The van der Waals surface area contributed by atoms with E-state index in [4.69, 9.17) is 28.3 Å². The predicted molar refractivity (Wildman–Crippen MR) is 147 cm³/mol. The molecule has 38 heavy (non-hydrogen) atoms. The van der Waals surface area contributed by atoms with Crippen molar-refractivity contribution in [3.05, 3.63) is 80.3 Å². The fourth-order valence-corrected chi connectivity index (χ4v) is 4.99. The number of fused-ring (bicyclic) bond motifs is 1. The third-order valence-corrected chi connectivity index (χ3v) is 7.00. The number of hydrogen-bond acceptors (Lipinski definition) is 8. The molecule has 0 unspecified atom stereocenters. The molecule has 4 aromatic rings. The van der Waals surface area contributed by atoms with E-state index in [0.29, 0.717) is 57.8 Å². The molecule has 196 valence electrons. The topological polar surface area (TPSA) is 116 Å². The van der Waals surface area contributed by atoms with E-state index in [1.165, 1.54) is 6.20 Å². The molecule has 0 radical (unpaired) electrons. The molecule has 1 aliphatic rings. The summed E-state index contributed by atoms with van der Waals surface area (Å²) in [5.41, 5.74) is 1.91. The second-order valence-electron chi connectivity index (χ2n) is 8.89. The fraction of sp³-hybridized carbons (Fsp3) is 0.269. The van der Waals surface area contributed by atoms with Gasteiger partial charge in [-0.05, 0) is 37.3 Å². The van der Waals surface area contributed by atoms with Crippen LogP contribution in [0.1, 0.15) is 16.1 Å². The summed E-state index contributed by atoms with van der Waals surface area (Å²) in [7, 11) is 0. The van der Waals surface area contributed by atoms with Crippen molar-refractivity contribution in [3.8, 4) is 5.69 Å². The maximum absolute atomic E-state index is 13.2. The Hall–Kier alpha value is -3.57. The number of nitrogens with one attached hydrogen (secondary N) is 1. The summed E-state index contributed by atoms with van der Waals surface area (Å²) >= 11 is 12.6. The van der Waals surface area contributed by atoms with Crippen molar-refractivity contribution < 1.29 is 9.90 Å². The Morgan fingerprint density at radius 2 is 1.79 bits per heavy atom. The van der Waals surface area contributed by atoms with Crippen molar-refractivity contribution in [1.29, 1.82) is 0 Å². The van der Waals surface area contributed by atoms with Gasteiger partial charge >= 0.3 is 0 Å². The summed E-state index contributed by atoms with van der Waals surface area (Å²) in [5.74, 6) is 0.202. The van der Waals surface area contributed by atoms with Gasteiger partial charge in [-0.1, -0.05) is 35.3 Å². The third-order valence-electron chi connectivity index (χ3n) is 6.39. The molecular weight excluding hydrogens is 529 g/mol. The lowest BCUT2D eigenvalue weighted by Crippen LogP contribution is -2.49. The highest BCUT2D eigenvalue weighted by Crippen LogP contribution is 2.27. The van der Waals surface area contributed by atoms with E-state index in [-0.39, 0.29) is 23.8 Å². The summed E-state index contributed by atoms with van der Waals surface area (Å²) in [6.07, 6.45) is 1.43. The monoisotopic (exact) mass is 553 g/mol. The molecule has 0 saturated carbocycles. The maximum atomic E-state index is 13.2. The minimum atomic E-state index is -0.446. The number of aryl methyl sites for hydroxylation is 1. The highest BCUT2D eigenvalue weighted by atomic mass is 35.5. The highest BCUT2D eigenvalue weighted by molar-refractivity contribution is 6.37. The predicted octanol–water partition coefficient (Wildman–Crippen LogP) is 3.28. The molecule has 0 spiro atoms. The maximum Gasteiger partial charge on any atom is 0.282 e. The van der Waals surface area contributed by atoms with E-state index in [2.05, 4.69) is 25.3 Å². The van der Waals surface area contributed by atoms with Crippen LogP contribution in [0.2, 0.25) is 10.0 Å². The van der Waals surface area contributed by atoms with Crippen molar-refractivity contribution in [1.82, 2.24) is 29.5 Å². The van der Waals surface area contributed by atoms with Gasteiger partial charge in [0.2, 0.25) is 5.95 Å². The van der Waals surface area contributed by atoms with Gasteiger partial charge in [0, 0.05) is 50.2 Å². The summed E-state index contributed by atoms with van der Waals surface area (Å²) in [6.45, 7) is 5.13. The van der Waals surface area contributed by atoms with E-state index in [9.17, 15) is 9.59 Å². The second kappa shape index (κ2) is 11.0. The van der Waals surface area contributed by atoms with Gasteiger partial charge in [0.25, 0.3) is 11.5 Å². The van der Waals surface area contributed by atoms with Crippen molar-refractivity contribution in [3.63, 3.8) is 0 Å². The number of rotatable bonds is 6. The largest absolute Gasteiger partial charge is 0.395 e. The van der Waals surface area contributed by atoms with Crippen LogP contribution < -0.4 is 10.9 Å². The molecule has 0 aliphatic carbocycles. The van der Waals surface area contributed by atoms with Crippen molar-refractivity contribution in [2.75, 3.05) is 44.6 Å². The number of para-hydroxylation sites is 1. The number of halogens is 2. The molecule has 0 bridgehead atoms. The molecule has 2 aromatic carbocycles. The normalized spacial score (nSPS) is 14.2. The van der Waals surface area contributed by atoms with Gasteiger partial charge < -0.3 is 15.3 Å². The van der Waals surface area contributed by atoms with Crippen molar-refractivity contribution in [2.45, 2.75) is 6.92 Å². The summed E-state index contributed by atoms with van der Waals surface area (Å²) in [6, 6.07) is 12.1. The van der Waals surface area contributed by atoms with Crippen LogP contribution in [0.5, 0.6) is 0 Å². The number of aliphatic hydroxyl groups is 1. The molecule has 2 aromatic heterocycles. The minimum absolute atomic E-state index is 0.0597. The number of hydrogen-bond donors (Lipinski definition) is 2. The van der Waals surface area contributed by atoms with E-state index in [1.54, 1.807) is 43.3 Å². The van der Waals surface area contributed by atoms with Gasteiger partial charge in [-0.3, -0.25) is 14.5 Å². The Morgan fingerprint density at radius 3 is 2.50 bits per heavy atom. The first kappa shape index (κ1) is 26.1. The standard InChI is InChI=1S/C26H25Cl2N7O3/c1-16-22-19(25(38)35(32-16)23-20(27)6-3-7-21(23)28)15-29-26(31-22)30-18-5-2-4-17(14-18)24(37)34-10-8-33(9-11-34)12-13-36/h2-7,14-15,36H,8-13H2,1H3,(H,29,30,31). The molecule has 1 amide bonds. The Balaban J connectivity index is 1.39. The van der Waals surface area contributed by atoms with E-state index >= 15 is 0 Å². The van der Waals surface area contributed by atoms with Gasteiger partial charge in [0.05, 0.1) is 27.7 Å². The van der Waals surface area contributed by atoms with Crippen LogP contribution in [0.15, 0.2) is 53.5 Å². The molecule has 1 saturated heterocycles. The molecule has 0 atom stereocenters. The lowest BCUT2D eigenvalue weighted by atomic mass is 10.1. The van der Waals surface area contributed by atoms with Crippen molar-refractivity contribution >= 4 is 51.6 Å². The van der Waals surface area contributed by atoms with Crippen LogP contribution in [-0.2, 0) is 0 Å². The van der Waals surface area contributed by atoms with Crippen LogP contribution in [0, 0.1) is 6.92 Å². The number of aromatic nitrogens is 4. The number of carbonyl (C=O) groups is 1. The van der Waals surface area contributed by atoms with E-state index in [1.807, 2.05) is 11.0 Å². The average Bonchev–Trinajstić information content (AvgIpc) is 2.92. The van der Waals surface area contributed by atoms with Gasteiger partial charge in [0.15, 0.2) is 0 Å². The molecule has 2 N–H and O–H groups in total. The Bertz CT molecular complexity index is 1550. The third kappa shape index (κ3) is 5.21. The quantitative estimate of drug-likeness (QED) is 0.373. The van der Waals surface area contributed by atoms with Crippen LogP contribution in [0.3, 0.4) is 0 Å².